The molecule has 1 unspecified atom stereocenters. The Morgan fingerprint density at radius 1 is 1.15 bits per heavy atom. The first-order valence-electron chi connectivity index (χ1n) is 6.64. The van der Waals surface area contributed by atoms with Gasteiger partial charge in [-0.15, -0.1) is 11.6 Å². The van der Waals surface area contributed by atoms with Crippen LogP contribution in [0.4, 0.5) is 4.39 Å². The second-order valence-corrected chi connectivity index (χ2v) is 6.38. The van der Waals surface area contributed by atoms with Gasteiger partial charge in [0.1, 0.15) is 5.82 Å². The van der Waals surface area contributed by atoms with E-state index in [0.717, 1.165) is 16.5 Å². The third-order valence-corrected chi connectivity index (χ3v) is 4.27. The Hall–Kier alpha value is -0.860. The number of hydrogen-bond donors (Lipinski definition) is 0. The van der Waals surface area contributed by atoms with Crippen molar-refractivity contribution in [1.29, 1.82) is 0 Å². The van der Waals surface area contributed by atoms with Crippen molar-refractivity contribution in [1.82, 2.24) is 0 Å². The lowest BCUT2D eigenvalue weighted by Crippen LogP contribution is -2.11. The van der Waals surface area contributed by atoms with Crippen LogP contribution in [0.3, 0.4) is 0 Å². The normalized spacial score (nSPS) is 12.4. The van der Waals surface area contributed by atoms with Crippen LogP contribution < -0.4 is 0 Å². The van der Waals surface area contributed by atoms with E-state index in [1.165, 1.54) is 17.2 Å². The van der Waals surface area contributed by atoms with Crippen LogP contribution in [0.25, 0.3) is 0 Å². The van der Waals surface area contributed by atoms with Crippen molar-refractivity contribution < 1.29 is 4.39 Å². The first-order chi connectivity index (χ1) is 9.58. The average Bonchev–Trinajstić information content (AvgIpc) is 2.42. The molecule has 0 N–H and O–H groups in total. The molecule has 106 valence electrons. The van der Waals surface area contributed by atoms with Crippen LogP contribution in [0.5, 0.6) is 0 Å². The van der Waals surface area contributed by atoms with Crippen LogP contribution >= 0.6 is 27.5 Å². The van der Waals surface area contributed by atoms with Gasteiger partial charge in [0.05, 0.1) is 0 Å². The van der Waals surface area contributed by atoms with Gasteiger partial charge in [-0.2, -0.15) is 0 Å². The minimum absolute atomic E-state index is 0.160. The quantitative estimate of drug-likeness (QED) is 0.618. The van der Waals surface area contributed by atoms with E-state index in [-0.39, 0.29) is 11.7 Å². The SMILES string of the molecule is Cc1cccc(CC(CCl)Cc2cc(Br)ccc2F)c1. The van der Waals surface area contributed by atoms with Gasteiger partial charge in [0.25, 0.3) is 0 Å². The van der Waals surface area contributed by atoms with E-state index >= 15 is 0 Å². The Labute approximate surface area is 133 Å². The molecule has 2 aromatic rings. The highest BCUT2D eigenvalue weighted by Gasteiger charge is 2.13. The third-order valence-electron chi connectivity index (χ3n) is 3.34. The van der Waals surface area contributed by atoms with Gasteiger partial charge in [-0.3, -0.25) is 0 Å². The lowest BCUT2D eigenvalue weighted by atomic mass is 9.93. The van der Waals surface area contributed by atoms with Crippen molar-refractivity contribution in [3.05, 3.63) is 69.4 Å². The highest BCUT2D eigenvalue weighted by molar-refractivity contribution is 9.10. The highest BCUT2D eigenvalue weighted by Crippen LogP contribution is 2.22. The molecule has 0 radical (unpaired) electrons. The van der Waals surface area contributed by atoms with Gasteiger partial charge in [0.15, 0.2) is 0 Å². The van der Waals surface area contributed by atoms with Crippen LogP contribution in [-0.4, -0.2) is 5.88 Å². The molecule has 20 heavy (non-hydrogen) atoms. The van der Waals surface area contributed by atoms with Gasteiger partial charge in [-0.05, 0) is 55.0 Å². The molecule has 0 aromatic heterocycles. The fourth-order valence-corrected chi connectivity index (χ4v) is 2.99. The number of benzene rings is 2. The molecule has 1 atom stereocenters. The zero-order chi connectivity index (χ0) is 14.5. The van der Waals surface area contributed by atoms with Crippen molar-refractivity contribution in [3.8, 4) is 0 Å². The highest BCUT2D eigenvalue weighted by atomic mass is 79.9. The van der Waals surface area contributed by atoms with Crippen LogP contribution in [0.1, 0.15) is 16.7 Å². The largest absolute Gasteiger partial charge is 0.207 e. The summed E-state index contributed by atoms with van der Waals surface area (Å²) in [6.07, 6.45) is 1.53. The Kier molecular flexibility index (Phi) is 5.62. The van der Waals surface area contributed by atoms with E-state index in [9.17, 15) is 4.39 Å². The first kappa shape index (κ1) is 15.5. The monoisotopic (exact) mass is 354 g/mol. The lowest BCUT2D eigenvalue weighted by molar-refractivity contribution is 0.546. The lowest BCUT2D eigenvalue weighted by Gasteiger charge is -2.15. The number of halogens is 3. The summed E-state index contributed by atoms with van der Waals surface area (Å²) in [7, 11) is 0. The number of hydrogen-bond acceptors (Lipinski definition) is 0. The molecule has 0 bridgehead atoms. The summed E-state index contributed by atoms with van der Waals surface area (Å²) >= 11 is 9.45. The minimum Gasteiger partial charge on any atom is -0.207 e. The van der Waals surface area contributed by atoms with Gasteiger partial charge in [-0.1, -0.05) is 45.8 Å². The second-order valence-electron chi connectivity index (χ2n) is 5.15. The Morgan fingerprint density at radius 2 is 1.95 bits per heavy atom. The molecule has 0 amide bonds. The summed E-state index contributed by atoms with van der Waals surface area (Å²) in [5.41, 5.74) is 3.22. The zero-order valence-electron chi connectivity index (χ0n) is 11.4. The summed E-state index contributed by atoms with van der Waals surface area (Å²) < 4.78 is 14.7. The van der Waals surface area contributed by atoms with Crippen molar-refractivity contribution >= 4 is 27.5 Å². The van der Waals surface area contributed by atoms with E-state index in [0.29, 0.717) is 12.3 Å². The van der Waals surface area contributed by atoms with Crippen molar-refractivity contribution in [3.63, 3.8) is 0 Å². The Balaban J connectivity index is 2.11. The van der Waals surface area contributed by atoms with E-state index in [2.05, 4.69) is 47.1 Å². The van der Waals surface area contributed by atoms with Crippen molar-refractivity contribution in [2.75, 3.05) is 5.88 Å². The number of aryl methyl sites for hydroxylation is 1. The molecule has 2 aromatic carbocycles. The molecular weight excluding hydrogens is 339 g/mol. The fourth-order valence-electron chi connectivity index (χ4n) is 2.36. The molecule has 0 saturated carbocycles. The topological polar surface area (TPSA) is 0 Å². The van der Waals surface area contributed by atoms with Gasteiger partial charge in [0, 0.05) is 10.4 Å². The Bertz CT molecular complexity index is 583. The van der Waals surface area contributed by atoms with Crippen LogP contribution in [0.2, 0.25) is 0 Å². The third kappa shape index (κ3) is 4.32. The maximum absolute atomic E-state index is 13.8. The Morgan fingerprint density at radius 3 is 2.65 bits per heavy atom. The standard InChI is InChI=1S/C17H17BrClF/c1-12-3-2-4-13(7-12)8-14(11-19)9-15-10-16(18)5-6-17(15)20/h2-7,10,14H,8-9,11H2,1H3. The summed E-state index contributed by atoms with van der Waals surface area (Å²) in [5.74, 6) is 0.606. The van der Waals surface area contributed by atoms with Crippen LogP contribution in [0.15, 0.2) is 46.9 Å². The average molecular weight is 356 g/mol. The van der Waals surface area contributed by atoms with Gasteiger partial charge in [-0.25, -0.2) is 4.39 Å². The molecular formula is C17H17BrClF. The molecule has 0 saturated heterocycles. The van der Waals surface area contributed by atoms with E-state index in [4.69, 9.17) is 11.6 Å². The molecule has 0 nitrogen and oxygen atoms in total. The van der Waals surface area contributed by atoms with Crippen molar-refractivity contribution in [2.45, 2.75) is 19.8 Å². The summed E-state index contributed by atoms with van der Waals surface area (Å²) in [4.78, 5) is 0. The molecule has 0 aliphatic heterocycles. The van der Waals surface area contributed by atoms with Gasteiger partial charge in [0.2, 0.25) is 0 Å². The number of rotatable bonds is 5. The predicted molar refractivity (Wildman–Crippen MR) is 86.9 cm³/mol. The number of alkyl halides is 1. The van der Waals surface area contributed by atoms with Crippen molar-refractivity contribution in [2.24, 2.45) is 5.92 Å². The predicted octanol–water partition coefficient (Wildman–Crippen LogP) is 5.54. The molecule has 0 aliphatic rings. The maximum atomic E-state index is 13.8. The molecule has 2 rings (SSSR count). The molecule has 3 heteroatoms. The first-order valence-corrected chi connectivity index (χ1v) is 7.96. The summed E-state index contributed by atoms with van der Waals surface area (Å²) in [6.45, 7) is 2.08. The van der Waals surface area contributed by atoms with Gasteiger partial charge < -0.3 is 0 Å². The van der Waals surface area contributed by atoms with E-state index in [1.54, 1.807) is 6.07 Å². The minimum atomic E-state index is -0.160. The van der Waals surface area contributed by atoms with Crippen LogP contribution in [-0.2, 0) is 12.8 Å². The molecule has 0 spiro atoms. The molecule has 0 heterocycles. The smallest absolute Gasteiger partial charge is 0.126 e. The summed E-state index contributed by atoms with van der Waals surface area (Å²) in [6, 6.07) is 13.4. The van der Waals surface area contributed by atoms with E-state index in [1.807, 2.05) is 6.07 Å². The maximum Gasteiger partial charge on any atom is 0.126 e. The van der Waals surface area contributed by atoms with E-state index < -0.39 is 0 Å². The fraction of sp³-hybridized carbons (Fsp3) is 0.294. The molecule has 0 aliphatic carbocycles. The van der Waals surface area contributed by atoms with Gasteiger partial charge >= 0.3 is 0 Å². The van der Waals surface area contributed by atoms with Crippen LogP contribution in [0, 0.1) is 18.7 Å². The second kappa shape index (κ2) is 7.24. The zero-order valence-corrected chi connectivity index (χ0v) is 13.7. The molecule has 0 fully saturated rings. The summed E-state index contributed by atoms with van der Waals surface area (Å²) in [5, 5.41) is 0.